The summed E-state index contributed by atoms with van der Waals surface area (Å²) >= 11 is 0. The van der Waals surface area contributed by atoms with Gasteiger partial charge in [0.1, 0.15) is 5.75 Å². The van der Waals surface area contributed by atoms with Crippen molar-refractivity contribution in [3.8, 4) is 17.0 Å². The number of anilines is 2. The molecule has 0 spiro atoms. The standard InChI is InChI=1S/C21H20N6O3/c1-27-12-22-10-15(27)11-24-20-23-6-5-18(25-20)14-7-13-3-4-16(30-2)9-17(13)19(8-14)26-21(28)29/h3-10,12,26H,11H2,1-2H3,(H,28,29)(H,23,24,25). The van der Waals surface area contributed by atoms with E-state index in [4.69, 9.17) is 4.74 Å². The van der Waals surface area contributed by atoms with Gasteiger partial charge in [-0.15, -0.1) is 0 Å². The number of nitrogens with zero attached hydrogens (tertiary/aromatic N) is 4. The molecule has 0 atom stereocenters. The van der Waals surface area contributed by atoms with E-state index in [0.717, 1.165) is 22.0 Å². The topological polar surface area (TPSA) is 114 Å². The lowest BCUT2D eigenvalue weighted by molar-refractivity contribution is 0.210. The van der Waals surface area contributed by atoms with Gasteiger partial charge in [0.25, 0.3) is 0 Å². The van der Waals surface area contributed by atoms with E-state index in [-0.39, 0.29) is 0 Å². The maximum Gasteiger partial charge on any atom is 0.409 e. The first-order valence-corrected chi connectivity index (χ1v) is 9.18. The van der Waals surface area contributed by atoms with Crippen LogP contribution in [-0.4, -0.2) is 37.8 Å². The lowest BCUT2D eigenvalue weighted by Gasteiger charge is -2.12. The van der Waals surface area contributed by atoms with Crippen molar-refractivity contribution in [2.75, 3.05) is 17.7 Å². The van der Waals surface area contributed by atoms with Gasteiger partial charge in [-0.25, -0.2) is 19.7 Å². The first kappa shape index (κ1) is 19.2. The molecule has 3 N–H and O–H groups in total. The van der Waals surface area contributed by atoms with Crippen molar-refractivity contribution in [2.45, 2.75) is 6.54 Å². The van der Waals surface area contributed by atoms with Crippen molar-refractivity contribution < 1.29 is 14.6 Å². The van der Waals surface area contributed by atoms with E-state index in [1.165, 1.54) is 0 Å². The van der Waals surface area contributed by atoms with E-state index < -0.39 is 6.09 Å². The SMILES string of the molecule is COc1ccc2cc(-c3ccnc(NCc4cncn4C)n3)cc(NC(=O)O)c2c1. The number of fused-ring (bicyclic) bond motifs is 1. The Bertz CT molecular complexity index is 1220. The summed E-state index contributed by atoms with van der Waals surface area (Å²) in [5, 5.41) is 16.5. The number of carbonyl (C=O) groups is 1. The summed E-state index contributed by atoms with van der Waals surface area (Å²) in [7, 11) is 3.49. The third-order valence-corrected chi connectivity index (χ3v) is 4.70. The number of carboxylic acid groups (broad SMARTS) is 1. The fourth-order valence-corrected chi connectivity index (χ4v) is 3.16. The molecule has 0 fully saturated rings. The zero-order chi connectivity index (χ0) is 21.1. The molecule has 30 heavy (non-hydrogen) atoms. The molecule has 0 aliphatic carbocycles. The van der Waals surface area contributed by atoms with Crippen LogP contribution in [0.25, 0.3) is 22.0 Å². The summed E-state index contributed by atoms with van der Waals surface area (Å²) in [6, 6.07) is 11.0. The Morgan fingerprint density at radius 1 is 1.23 bits per heavy atom. The molecule has 4 rings (SSSR count). The molecule has 0 radical (unpaired) electrons. The smallest absolute Gasteiger partial charge is 0.409 e. The highest BCUT2D eigenvalue weighted by Crippen LogP contribution is 2.33. The zero-order valence-corrected chi connectivity index (χ0v) is 16.5. The molecule has 9 heteroatoms. The molecule has 2 heterocycles. The summed E-state index contributed by atoms with van der Waals surface area (Å²) in [4.78, 5) is 24.3. The van der Waals surface area contributed by atoms with Crippen molar-refractivity contribution >= 4 is 28.5 Å². The van der Waals surface area contributed by atoms with Crippen molar-refractivity contribution in [1.82, 2.24) is 19.5 Å². The maximum atomic E-state index is 11.3. The van der Waals surface area contributed by atoms with Crippen molar-refractivity contribution in [2.24, 2.45) is 7.05 Å². The monoisotopic (exact) mass is 404 g/mol. The highest BCUT2D eigenvalue weighted by molar-refractivity contribution is 6.02. The molecule has 0 bridgehead atoms. The molecular weight excluding hydrogens is 384 g/mol. The number of hydrogen-bond acceptors (Lipinski definition) is 6. The van der Waals surface area contributed by atoms with E-state index in [9.17, 15) is 9.90 Å². The minimum absolute atomic E-state index is 0.455. The van der Waals surface area contributed by atoms with E-state index in [1.54, 1.807) is 44.0 Å². The summed E-state index contributed by atoms with van der Waals surface area (Å²) in [5.74, 6) is 1.11. The maximum absolute atomic E-state index is 11.3. The third-order valence-electron chi connectivity index (χ3n) is 4.70. The molecule has 0 saturated heterocycles. The Morgan fingerprint density at radius 2 is 2.10 bits per heavy atom. The van der Waals surface area contributed by atoms with Crippen LogP contribution < -0.4 is 15.4 Å². The van der Waals surface area contributed by atoms with Crippen LogP contribution in [0.15, 0.2) is 55.1 Å². The van der Waals surface area contributed by atoms with Crippen LogP contribution in [0.2, 0.25) is 0 Å². The second-order valence-electron chi connectivity index (χ2n) is 6.66. The zero-order valence-electron chi connectivity index (χ0n) is 16.5. The van der Waals surface area contributed by atoms with Crippen LogP contribution >= 0.6 is 0 Å². The molecule has 0 aliphatic heterocycles. The summed E-state index contributed by atoms with van der Waals surface area (Å²) in [6.07, 6.45) is 4.03. The number of aromatic nitrogens is 4. The molecular formula is C21H20N6O3. The molecule has 0 aliphatic rings. The van der Waals surface area contributed by atoms with Crippen LogP contribution in [-0.2, 0) is 13.6 Å². The van der Waals surface area contributed by atoms with Gasteiger partial charge in [-0.2, -0.15) is 0 Å². The van der Waals surface area contributed by atoms with E-state index >= 15 is 0 Å². The second kappa shape index (κ2) is 8.08. The average Bonchev–Trinajstić information content (AvgIpc) is 3.16. The van der Waals surface area contributed by atoms with Gasteiger partial charge in [-0.3, -0.25) is 5.32 Å². The molecule has 4 aromatic rings. The molecule has 0 unspecified atom stereocenters. The summed E-state index contributed by atoms with van der Waals surface area (Å²) < 4.78 is 7.18. The minimum atomic E-state index is -1.14. The van der Waals surface area contributed by atoms with Crippen molar-refractivity contribution in [1.29, 1.82) is 0 Å². The van der Waals surface area contributed by atoms with Crippen LogP contribution in [0.4, 0.5) is 16.4 Å². The Balaban J connectivity index is 1.70. The van der Waals surface area contributed by atoms with Gasteiger partial charge in [-0.05, 0) is 35.7 Å². The fourth-order valence-electron chi connectivity index (χ4n) is 3.16. The molecule has 9 nitrogen and oxygen atoms in total. The normalized spacial score (nSPS) is 10.7. The molecule has 0 saturated carbocycles. The number of imidazole rings is 1. The largest absolute Gasteiger partial charge is 0.497 e. The number of ether oxygens (including phenoxy) is 1. The van der Waals surface area contributed by atoms with E-state index in [1.807, 2.05) is 29.8 Å². The second-order valence-corrected chi connectivity index (χ2v) is 6.66. The van der Waals surface area contributed by atoms with Gasteiger partial charge in [-0.1, -0.05) is 6.07 Å². The highest BCUT2D eigenvalue weighted by atomic mass is 16.5. The lowest BCUT2D eigenvalue weighted by Crippen LogP contribution is -2.08. The van der Waals surface area contributed by atoms with E-state index in [2.05, 4.69) is 25.6 Å². The number of methoxy groups -OCH3 is 1. The minimum Gasteiger partial charge on any atom is -0.497 e. The van der Waals surface area contributed by atoms with Gasteiger partial charge < -0.3 is 19.7 Å². The average molecular weight is 404 g/mol. The van der Waals surface area contributed by atoms with Crippen LogP contribution in [0.3, 0.4) is 0 Å². The van der Waals surface area contributed by atoms with Crippen LogP contribution in [0.5, 0.6) is 5.75 Å². The van der Waals surface area contributed by atoms with Crippen LogP contribution in [0.1, 0.15) is 5.69 Å². The molecule has 1 amide bonds. The number of hydrogen-bond donors (Lipinski definition) is 3. The number of aryl methyl sites for hydroxylation is 1. The number of amides is 1. The van der Waals surface area contributed by atoms with E-state index in [0.29, 0.717) is 29.6 Å². The highest BCUT2D eigenvalue weighted by Gasteiger charge is 2.11. The number of rotatable bonds is 6. The summed E-state index contributed by atoms with van der Waals surface area (Å²) in [5.41, 5.74) is 2.89. The van der Waals surface area contributed by atoms with Crippen molar-refractivity contribution in [3.63, 3.8) is 0 Å². The third kappa shape index (κ3) is 4.00. The van der Waals surface area contributed by atoms with Gasteiger partial charge in [0, 0.05) is 30.4 Å². The van der Waals surface area contributed by atoms with Gasteiger partial charge in [0.15, 0.2) is 0 Å². The number of benzene rings is 2. The van der Waals surface area contributed by atoms with Gasteiger partial charge in [0.2, 0.25) is 5.95 Å². The van der Waals surface area contributed by atoms with Gasteiger partial charge >= 0.3 is 6.09 Å². The first-order chi connectivity index (χ1) is 14.5. The Kier molecular flexibility index (Phi) is 5.17. The summed E-state index contributed by atoms with van der Waals surface area (Å²) in [6.45, 7) is 0.531. The molecule has 152 valence electrons. The Hall–Kier alpha value is -4.14. The predicted molar refractivity (Wildman–Crippen MR) is 114 cm³/mol. The van der Waals surface area contributed by atoms with Crippen molar-refractivity contribution in [3.05, 3.63) is 60.8 Å². The van der Waals surface area contributed by atoms with Crippen LogP contribution in [0, 0.1) is 0 Å². The Morgan fingerprint density at radius 3 is 2.83 bits per heavy atom. The predicted octanol–water partition coefficient (Wildman–Crippen LogP) is 3.74. The fraction of sp³-hybridized carbons (Fsp3) is 0.143. The molecule has 2 aromatic heterocycles. The number of nitrogens with one attached hydrogen (secondary N) is 2. The van der Waals surface area contributed by atoms with Gasteiger partial charge in [0.05, 0.1) is 37.1 Å². The lowest BCUT2D eigenvalue weighted by atomic mass is 10.0. The Labute approximate surface area is 172 Å². The molecule has 2 aromatic carbocycles. The quantitative estimate of drug-likeness (QED) is 0.448. The first-order valence-electron chi connectivity index (χ1n) is 9.18.